The van der Waals surface area contributed by atoms with Crippen molar-refractivity contribution in [1.82, 2.24) is 14.9 Å². The minimum Gasteiger partial charge on any atom is -0.369 e. The van der Waals surface area contributed by atoms with E-state index in [9.17, 15) is 0 Å². The van der Waals surface area contributed by atoms with Crippen molar-refractivity contribution in [1.29, 1.82) is 0 Å². The number of aromatic nitrogens is 2. The molecule has 0 saturated heterocycles. The smallest absolute Gasteiger partial charge is 0.134 e. The van der Waals surface area contributed by atoms with Crippen LogP contribution < -0.4 is 5.32 Å². The highest BCUT2D eigenvalue weighted by molar-refractivity contribution is 6.29. The Morgan fingerprint density at radius 3 is 2.79 bits per heavy atom. The van der Waals surface area contributed by atoms with Gasteiger partial charge in [-0.1, -0.05) is 31.4 Å². The monoisotopic (exact) mass is 282 g/mol. The van der Waals surface area contributed by atoms with Gasteiger partial charge in [-0.05, 0) is 19.9 Å². The highest BCUT2D eigenvalue weighted by Crippen LogP contribution is 2.22. The number of rotatable bonds is 6. The molecule has 1 saturated carbocycles. The predicted molar refractivity (Wildman–Crippen MR) is 79.8 cm³/mol. The normalized spacial score (nSPS) is 16.2. The number of anilines is 1. The SMILES string of the molecule is CCc1nc(Cl)cc(NCCN(C)C2CCCC2)n1. The minimum absolute atomic E-state index is 0.512. The van der Waals surface area contributed by atoms with Gasteiger partial charge < -0.3 is 10.2 Å². The molecular formula is C14H23ClN4. The average molecular weight is 283 g/mol. The number of likely N-dealkylation sites (N-methyl/N-ethyl adjacent to an activating group) is 1. The van der Waals surface area contributed by atoms with Crippen LogP contribution in [0.5, 0.6) is 0 Å². The van der Waals surface area contributed by atoms with E-state index in [0.29, 0.717) is 5.15 Å². The second-order valence-electron chi connectivity index (χ2n) is 5.19. The van der Waals surface area contributed by atoms with E-state index in [1.54, 1.807) is 6.07 Å². The third-order valence-electron chi connectivity index (χ3n) is 3.78. The van der Waals surface area contributed by atoms with Gasteiger partial charge in [0.05, 0.1) is 0 Å². The van der Waals surface area contributed by atoms with Gasteiger partial charge >= 0.3 is 0 Å². The van der Waals surface area contributed by atoms with Gasteiger partial charge in [0.1, 0.15) is 16.8 Å². The van der Waals surface area contributed by atoms with E-state index >= 15 is 0 Å². The van der Waals surface area contributed by atoms with Crippen molar-refractivity contribution in [3.05, 3.63) is 17.0 Å². The van der Waals surface area contributed by atoms with Crippen LogP contribution in [0.4, 0.5) is 5.82 Å². The maximum atomic E-state index is 5.97. The first-order valence-electron chi connectivity index (χ1n) is 7.16. The van der Waals surface area contributed by atoms with Crippen molar-refractivity contribution in [2.24, 2.45) is 0 Å². The summed E-state index contributed by atoms with van der Waals surface area (Å²) >= 11 is 5.97. The molecule has 2 rings (SSSR count). The zero-order chi connectivity index (χ0) is 13.7. The van der Waals surface area contributed by atoms with E-state index < -0.39 is 0 Å². The number of hydrogen-bond donors (Lipinski definition) is 1. The molecule has 1 aromatic rings. The van der Waals surface area contributed by atoms with Gasteiger partial charge in [-0.15, -0.1) is 0 Å². The molecule has 1 heterocycles. The van der Waals surface area contributed by atoms with Crippen LogP contribution in [0.25, 0.3) is 0 Å². The molecular weight excluding hydrogens is 260 g/mol. The Labute approximate surface area is 120 Å². The van der Waals surface area contributed by atoms with Crippen molar-refractivity contribution < 1.29 is 0 Å². The van der Waals surface area contributed by atoms with Crippen LogP contribution in [0.2, 0.25) is 5.15 Å². The molecule has 19 heavy (non-hydrogen) atoms. The zero-order valence-electron chi connectivity index (χ0n) is 11.8. The van der Waals surface area contributed by atoms with Gasteiger partial charge in [-0.2, -0.15) is 0 Å². The van der Waals surface area contributed by atoms with E-state index in [4.69, 9.17) is 11.6 Å². The van der Waals surface area contributed by atoms with Gasteiger partial charge in [-0.25, -0.2) is 9.97 Å². The molecule has 5 heteroatoms. The van der Waals surface area contributed by atoms with Crippen molar-refractivity contribution in [3.8, 4) is 0 Å². The standard InChI is InChI=1S/C14H23ClN4/c1-3-13-17-12(15)10-14(18-13)16-8-9-19(2)11-6-4-5-7-11/h10-11H,3-9H2,1-2H3,(H,16,17,18). The van der Waals surface area contributed by atoms with Crippen LogP contribution in [0.15, 0.2) is 6.07 Å². The first-order chi connectivity index (χ1) is 9.19. The Hall–Kier alpha value is -0.870. The molecule has 1 aliphatic carbocycles. The summed E-state index contributed by atoms with van der Waals surface area (Å²) in [5.41, 5.74) is 0. The molecule has 4 nitrogen and oxygen atoms in total. The van der Waals surface area contributed by atoms with Crippen LogP contribution in [0.3, 0.4) is 0 Å². The Morgan fingerprint density at radius 1 is 1.37 bits per heavy atom. The lowest BCUT2D eigenvalue weighted by molar-refractivity contribution is 0.254. The van der Waals surface area contributed by atoms with Gasteiger partial charge in [0.2, 0.25) is 0 Å². The third kappa shape index (κ3) is 4.32. The summed E-state index contributed by atoms with van der Waals surface area (Å²) in [6.07, 6.45) is 6.25. The van der Waals surface area contributed by atoms with Crippen molar-refractivity contribution in [2.75, 3.05) is 25.5 Å². The van der Waals surface area contributed by atoms with Gasteiger partial charge in [0, 0.05) is 31.6 Å². The van der Waals surface area contributed by atoms with Crippen molar-refractivity contribution in [3.63, 3.8) is 0 Å². The van der Waals surface area contributed by atoms with E-state index in [1.807, 2.05) is 6.92 Å². The summed E-state index contributed by atoms with van der Waals surface area (Å²) in [6, 6.07) is 2.55. The van der Waals surface area contributed by atoms with E-state index in [2.05, 4.69) is 27.2 Å². The summed E-state index contributed by atoms with van der Waals surface area (Å²) in [4.78, 5) is 11.0. The van der Waals surface area contributed by atoms with Gasteiger partial charge in [0.15, 0.2) is 0 Å². The van der Waals surface area contributed by atoms with Crippen LogP contribution in [0.1, 0.15) is 38.4 Å². The summed E-state index contributed by atoms with van der Waals surface area (Å²) in [7, 11) is 2.21. The number of hydrogen-bond acceptors (Lipinski definition) is 4. The summed E-state index contributed by atoms with van der Waals surface area (Å²) in [6.45, 7) is 3.96. The van der Waals surface area contributed by atoms with Crippen molar-refractivity contribution >= 4 is 17.4 Å². The first kappa shape index (κ1) is 14.5. The molecule has 0 amide bonds. The van der Waals surface area contributed by atoms with E-state index in [1.165, 1.54) is 25.7 Å². The molecule has 1 fully saturated rings. The Morgan fingerprint density at radius 2 is 2.11 bits per heavy atom. The molecule has 0 unspecified atom stereocenters. The summed E-state index contributed by atoms with van der Waals surface area (Å²) in [5, 5.41) is 3.85. The molecule has 106 valence electrons. The number of nitrogens with zero attached hydrogens (tertiary/aromatic N) is 3. The minimum atomic E-state index is 0.512. The fourth-order valence-corrected chi connectivity index (χ4v) is 2.80. The molecule has 1 N–H and O–H groups in total. The lowest BCUT2D eigenvalue weighted by Gasteiger charge is -2.24. The molecule has 0 atom stereocenters. The van der Waals surface area contributed by atoms with Crippen LogP contribution in [0, 0.1) is 0 Å². The fraction of sp³-hybridized carbons (Fsp3) is 0.714. The lowest BCUT2D eigenvalue weighted by atomic mass is 10.2. The largest absolute Gasteiger partial charge is 0.369 e. The Kier molecular flexibility index (Phi) is 5.40. The number of halogens is 1. The maximum Gasteiger partial charge on any atom is 0.134 e. The lowest BCUT2D eigenvalue weighted by Crippen LogP contribution is -2.33. The number of aryl methyl sites for hydroxylation is 1. The van der Waals surface area contributed by atoms with Gasteiger partial charge in [0.25, 0.3) is 0 Å². The van der Waals surface area contributed by atoms with E-state index in [0.717, 1.165) is 37.2 Å². The highest BCUT2D eigenvalue weighted by atomic mass is 35.5. The maximum absolute atomic E-state index is 5.97. The number of nitrogens with one attached hydrogen (secondary N) is 1. The van der Waals surface area contributed by atoms with Crippen LogP contribution in [-0.4, -0.2) is 41.0 Å². The van der Waals surface area contributed by atoms with Gasteiger partial charge in [-0.3, -0.25) is 0 Å². The predicted octanol–water partition coefficient (Wildman–Crippen LogP) is 2.98. The second kappa shape index (κ2) is 7.06. The topological polar surface area (TPSA) is 41.1 Å². The summed E-state index contributed by atoms with van der Waals surface area (Å²) < 4.78 is 0. The van der Waals surface area contributed by atoms with Crippen LogP contribution in [-0.2, 0) is 6.42 Å². The molecule has 0 radical (unpaired) electrons. The molecule has 1 aromatic heterocycles. The Balaban J connectivity index is 1.80. The quantitative estimate of drug-likeness (QED) is 0.815. The fourth-order valence-electron chi connectivity index (χ4n) is 2.60. The van der Waals surface area contributed by atoms with Crippen LogP contribution >= 0.6 is 11.6 Å². The molecule has 0 aliphatic heterocycles. The molecule has 0 aromatic carbocycles. The van der Waals surface area contributed by atoms with Crippen molar-refractivity contribution in [2.45, 2.75) is 45.1 Å². The third-order valence-corrected chi connectivity index (χ3v) is 3.97. The molecule has 0 spiro atoms. The summed E-state index contributed by atoms with van der Waals surface area (Å²) in [5.74, 6) is 1.62. The van der Waals surface area contributed by atoms with E-state index in [-0.39, 0.29) is 0 Å². The molecule has 1 aliphatic rings. The zero-order valence-corrected chi connectivity index (χ0v) is 12.6. The second-order valence-corrected chi connectivity index (χ2v) is 5.58. The first-order valence-corrected chi connectivity index (χ1v) is 7.54. The highest BCUT2D eigenvalue weighted by Gasteiger charge is 2.18. The Bertz CT molecular complexity index is 404. The average Bonchev–Trinajstić information content (AvgIpc) is 2.92. The molecule has 0 bridgehead atoms.